The van der Waals surface area contributed by atoms with E-state index in [1.54, 1.807) is 0 Å². The van der Waals surface area contributed by atoms with Crippen LogP contribution in [0.2, 0.25) is 0 Å². The third-order valence-corrected chi connectivity index (χ3v) is 4.14. The van der Waals surface area contributed by atoms with E-state index in [0.29, 0.717) is 5.92 Å². The van der Waals surface area contributed by atoms with Gasteiger partial charge in [-0.25, -0.2) is 0 Å². The van der Waals surface area contributed by atoms with Gasteiger partial charge in [0.25, 0.3) is 0 Å². The summed E-state index contributed by atoms with van der Waals surface area (Å²) in [6.07, 6.45) is 0.895. The lowest BCUT2D eigenvalue weighted by Crippen LogP contribution is -2.61. The molecule has 2 aliphatic rings. The molecule has 2 saturated heterocycles. The Bertz CT molecular complexity index is 421. The first-order chi connectivity index (χ1) is 9.70. The van der Waals surface area contributed by atoms with Gasteiger partial charge in [0.2, 0.25) is 5.89 Å². The minimum atomic E-state index is 0.570. The first-order valence-electron chi connectivity index (χ1n) is 7.69. The zero-order valence-corrected chi connectivity index (χ0v) is 12.5. The van der Waals surface area contributed by atoms with Crippen LogP contribution in [0.15, 0.2) is 4.52 Å². The van der Waals surface area contributed by atoms with Gasteiger partial charge in [0, 0.05) is 51.7 Å². The fourth-order valence-electron chi connectivity index (χ4n) is 2.81. The van der Waals surface area contributed by atoms with Gasteiger partial charge in [0.05, 0.1) is 6.54 Å². The highest BCUT2D eigenvalue weighted by Crippen LogP contribution is 2.12. The Morgan fingerprint density at radius 2 is 2.00 bits per heavy atom. The second-order valence-corrected chi connectivity index (χ2v) is 6.33. The average Bonchev–Trinajstić information content (AvgIpc) is 2.76. The zero-order chi connectivity index (χ0) is 13.9. The number of aromatic nitrogens is 2. The van der Waals surface area contributed by atoms with Crippen molar-refractivity contribution < 1.29 is 4.52 Å². The van der Waals surface area contributed by atoms with Gasteiger partial charge in [-0.1, -0.05) is 19.0 Å². The summed E-state index contributed by atoms with van der Waals surface area (Å²) in [5, 5.41) is 7.40. The van der Waals surface area contributed by atoms with Gasteiger partial charge >= 0.3 is 0 Å². The van der Waals surface area contributed by atoms with Crippen molar-refractivity contribution in [1.29, 1.82) is 0 Å². The number of nitrogens with one attached hydrogen (secondary N) is 1. The molecule has 0 amide bonds. The van der Waals surface area contributed by atoms with Gasteiger partial charge in [-0.05, 0) is 5.92 Å². The molecule has 0 aliphatic carbocycles. The van der Waals surface area contributed by atoms with E-state index >= 15 is 0 Å². The molecule has 2 fully saturated rings. The maximum absolute atomic E-state index is 5.35. The SMILES string of the molecule is CC(C)Cc1noc(CN2CCN(C3CNC3)CC2)n1. The van der Waals surface area contributed by atoms with Crippen LogP contribution < -0.4 is 5.32 Å². The van der Waals surface area contributed by atoms with E-state index in [-0.39, 0.29) is 0 Å². The third kappa shape index (κ3) is 3.37. The molecule has 0 unspecified atom stereocenters. The van der Waals surface area contributed by atoms with E-state index < -0.39 is 0 Å². The predicted molar refractivity (Wildman–Crippen MR) is 76.3 cm³/mol. The van der Waals surface area contributed by atoms with Gasteiger partial charge in [-0.15, -0.1) is 0 Å². The number of piperazine rings is 1. The molecule has 0 radical (unpaired) electrons. The quantitative estimate of drug-likeness (QED) is 0.840. The van der Waals surface area contributed by atoms with Crippen molar-refractivity contribution in [3.8, 4) is 0 Å². The van der Waals surface area contributed by atoms with Crippen molar-refractivity contribution in [3.63, 3.8) is 0 Å². The van der Waals surface area contributed by atoms with Crippen LogP contribution in [0.1, 0.15) is 25.6 Å². The topological polar surface area (TPSA) is 57.4 Å². The molecule has 3 heterocycles. The van der Waals surface area contributed by atoms with E-state index in [1.165, 1.54) is 0 Å². The van der Waals surface area contributed by atoms with Gasteiger partial charge < -0.3 is 9.84 Å². The fraction of sp³-hybridized carbons (Fsp3) is 0.857. The monoisotopic (exact) mass is 279 g/mol. The highest BCUT2D eigenvalue weighted by molar-refractivity contribution is 4.90. The Morgan fingerprint density at radius 1 is 1.25 bits per heavy atom. The molecule has 6 heteroatoms. The lowest BCUT2D eigenvalue weighted by atomic mass is 10.1. The van der Waals surface area contributed by atoms with Crippen molar-refractivity contribution in [1.82, 2.24) is 25.3 Å². The molecule has 0 spiro atoms. The minimum Gasteiger partial charge on any atom is -0.338 e. The fourth-order valence-corrected chi connectivity index (χ4v) is 2.81. The van der Waals surface area contributed by atoms with E-state index in [0.717, 1.165) is 70.0 Å². The summed E-state index contributed by atoms with van der Waals surface area (Å²) in [6, 6.07) is 0.762. The largest absolute Gasteiger partial charge is 0.338 e. The number of rotatable bonds is 5. The molecule has 112 valence electrons. The first kappa shape index (κ1) is 14.0. The molecule has 1 N–H and O–H groups in total. The molecule has 1 aromatic rings. The Morgan fingerprint density at radius 3 is 2.60 bits per heavy atom. The summed E-state index contributed by atoms with van der Waals surface area (Å²) in [7, 11) is 0. The predicted octanol–water partition coefficient (Wildman–Crippen LogP) is 0.358. The second kappa shape index (κ2) is 6.20. The molecular weight excluding hydrogens is 254 g/mol. The van der Waals surface area contributed by atoms with Crippen LogP contribution in [0.4, 0.5) is 0 Å². The highest BCUT2D eigenvalue weighted by Gasteiger charge is 2.28. The maximum atomic E-state index is 5.35. The normalized spacial score (nSPS) is 22.4. The molecule has 6 nitrogen and oxygen atoms in total. The number of hydrogen-bond acceptors (Lipinski definition) is 6. The number of hydrogen-bond donors (Lipinski definition) is 1. The van der Waals surface area contributed by atoms with Gasteiger partial charge in [-0.2, -0.15) is 4.98 Å². The first-order valence-corrected chi connectivity index (χ1v) is 7.69. The van der Waals surface area contributed by atoms with Gasteiger partial charge in [0.15, 0.2) is 5.82 Å². The summed E-state index contributed by atoms with van der Waals surface area (Å²) in [4.78, 5) is 9.48. The van der Waals surface area contributed by atoms with Crippen molar-refractivity contribution in [2.45, 2.75) is 32.9 Å². The Balaban J connectivity index is 1.45. The highest BCUT2D eigenvalue weighted by atomic mass is 16.5. The van der Waals surface area contributed by atoms with Crippen LogP contribution in [-0.4, -0.2) is 65.3 Å². The van der Waals surface area contributed by atoms with Crippen LogP contribution in [0, 0.1) is 5.92 Å². The Kier molecular flexibility index (Phi) is 4.33. The van der Waals surface area contributed by atoms with E-state index in [2.05, 4.69) is 39.1 Å². The molecule has 0 saturated carbocycles. The standard InChI is InChI=1S/C14H25N5O/c1-11(2)7-13-16-14(20-17-13)10-18-3-5-19(6-4-18)12-8-15-9-12/h11-12,15H,3-10H2,1-2H3. The Hall–Kier alpha value is -0.980. The summed E-state index contributed by atoms with van der Waals surface area (Å²) in [5.41, 5.74) is 0. The van der Waals surface area contributed by atoms with Crippen molar-refractivity contribution in [2.75, 3.05) is 39.3 Å². The molecule has 1 aromatic heterocycles. The second-order valence-electron chi connectivity index (χ2n) is 6.33. The molecule has 0 aromatic carbocycles. The van der Waals surface area contributed by atoms with E-state index in [9.17, 15) is 0 Å². The van der Waals surface area contributed by atoms with Crippen LogP contribution >= 0.6 is 0 Å². The molecule has 3 rings (SSSR count). The smallest absolute Gasteiger partial charge is 0.240 e. The number of nitrogens with zero attached hydrogens (tertiary/aromatic N) is 4. The minimum absolute atomic E-state index is 0.570. The van der Waals surface area contributed by atoms with E-state index in [4.69, 9.17) is 4.52 Å². The molecular formula is C14H25N5O. The molecule has 0 atom stereocenters. The maximum Gasteiger partial charge on any atom is 0.240 e. The summed E-state index contributed by atoms with van der Waals surface area (Å²) in [5.74, 6) is 2.17. The van der Waals surface area contributed by atoms with Crippen LogP contribution in [0.25, 0.3) is 0 Å². The van der Waals surface area contributed by atoms with Gasteiger partial charge in [0.1, 0.15) is 0 Å². The lowest BCUT2D eigenvalue weighted by Gasteiger charge is -2.43. The van der Waals surface area contributed by atoms with Crippen LogP contribution in [-0.2, 0) is 13.0 Å². The summed E-state index contributed by atoms with van der Waals surface area (Å²) >= 11 is 0. The zero-order valence-electron chi connectivity index (χ0n) is 12.5. The van der Waals surface area contributed by atoms with Crippen molar-refractivity contribution in [2.24, 2.45) is 5.92 Å². The molecule has 20 heavy (non-hydrogen) atoms. The molecule has 2 aliphatic heterocycles. The molecule has 0 bridgehead atoms. The van der Waals surface area contributed by atoms with Crippen molar-refractivity contribution in [3.05, 3.63) is 11.7 Å². The van der Waals surface area contributed by atoms with Crippen LogP contribution in [0.3, 0.4) is 0 Å². The summed E-state index contributed by atoms with van der Waals surface area (Å²) in [6.45, 7) is 11.9. The van der Waals surface area contributed by atoms with E-state index in [1.807, 2.05) is 0 Å². The third-order valence-electron chi connectivity index (χ3n) is 4.14. The Labute approximate surface area is 120 Å². The van der Waals surface area contributed by atoms with Gasteiger partial charge in [-0.3, -0.25) is 9.80 Å². The van der Waals surface area contributed by atoms with Crippen LogP contribution in [0.5, 0.6) is 0 Å². The lowest BCUT2D eigenvalue weighted by molar-refractivity contribution is 0.0647. The average molecular weight is 279 g/mol. The van der Waals surface area contributed by atoms with Crippen molar-refractivity contribution >= 4 is 0 Å². The summed E-state index contributed by atoms with van der Waals surface area (Å²) < 4.78 is 5.35.